The highest BCUT2D eigenvalue weighted by atomic mass is 15.2. The van der Waals surface area contributed by atoms with Crippen LogP contribution in [0, 0.1) is 12.8 Å². The van der Waals surface area contributed by atoms with Crippen molar-refractivity contribution in [3.05, 3.63) is 11.9 Å². The van der Waals surface area contributed by atoms with E-state index in [1.807, 2.05) is 0 Å². The Hall–Kier alpha value is -0.990. The smallest absolute Gasteiger partial charge is 0.203 e. The Morgan fingerprint density at radius 1 is 1.50 bits per heavy atom. The summed E-state index contributed by atoms with van der Waals surface area (Å²) < 4.78 is 2.27. The van der Waals surface area contributed by atoms with Gasteiger partial charge in [0.15, 0.2) is 0 Å². The van der Waals surface area contributed by atoms with E-state index in [-0.39, 0.29) is 0 Å². The van der Waals surface area contributed by atoms with E-state index in [4.69, 9.17) is 0 Å². The molecule has 1 aromatic rings. The number of rotatable bonds is 5. The second-order valence-electron chi connectivity index (χ2n) is 5.28. The normalized spacial score (nSPS) is 16.5. The van der Waals surface area contributed by atoms with E-state index in [0.29, 0.717) is 6.04 Å². The predicted molar refractivity (Wildman–Crippen MR) is 67.7 cm³/mol. The Balaban J connectivity index is 1.94. The number of anilines is 1. The largest absolute Gasteiger partial charge is 0.353 e. The van der Waals surface area contributed by atoms with Crippen molar-refractivity contribution in [3.8, 4) is 0 Å². The van der Waals surface area contributed by atoms with Gasteiger partial charge in [0.1, 0.15) is 0 Å². The fourth-order valence-electron chi connectivity index (χ4n) is 2.19. The van der Waals surface area contributed by atoms with Gasteiger partial charge in [0.25, 0.3) is 0 Å². The van der Waals surface area contributed by atoms with Gasteiger partial charge in [-0.05, 0) is 33.1 Å². The zero-order chi connectivity index (χ0) is 11.5. The summed E-state index contributed by atoms with van der Waals surface area (Å²) in [5.41, 5.74) is 1.11. The molecule has 0 spiro atoms. The van der Waals surface area contributed by atoms with Gasteiger partial charge in [0, 0.05) is 18.8 Å². The van der Waals surface area contributed by atoms with Gasteiger partial charge in [-0.2, -0.15) is 0 Å². The molecule has 3 heteroatoms. The van der Waals surface area contributed by atoms with Crippen LogP contribution < -0.4 is 5.32 Å². The highest BCUT2D eigenvalue weighted by Crippen LogP contribution is 2.30. The van der Waals surface area contributed by atoms with Crippen LogP contribution >= 0.6 is 0 Å². The summed E-state index contributed by atoms with van der Waals surface area (Å²) in [6, 6.07) is 0.448. The molecule has 1 N–H and O–H groups in total. The summed E-state index contributed by atoms with van der Waals surface area (Å²) in [7, 11) is 0. The van der Waals surface area contributed by atoms with Gasteiger partial charge in [-0.25, -0.2) is 4.98 Å². The van der Waals surface area contributed by atoms with Crippen molar-refractivity contribution in [3.63, 3.8) is 0 Å². The molecular weight excluding hydrogens is 198 g/mol. The summed E-state index contributed by atoms with van der Waals surface area (Å²) in [5, 5.41) is 3.41. The quantitative estimate of drug-likeness (QED) is 0.827. The maximum absolute atomic E-state index is 4.52. The molecule has 1 aromatic heterocycles. The van der Waals surface area contributed by atoms with Crippen molar-refractivity contribution in [2.24, 2.45) is 5.92 Å². The fourth-order valence-corrected chi connectivity index (χ4v) is 2.19. The van der Waals surface area contributed by atoms with Crippen LogP contribution in [0.5, 0.6) is 0 Å². The molecule has 0 atom stereocenters. The minimum Gasteiger partial charge on any atom is -0.353 e. The lowest BCUT2D eigenvalue weighted by molar-refractivity contribution is 0.283. The highest BCUT2D eigenvalue weighted by molar-refractivity contribution is 5.29. The van der Waals surface area contributed by atoms with Gasteiger partial charge in [0.2, 0.25) is 5.95 Å². The topological polar surface area (TPSA) is 29.9 Å². The number of imidazole rings is 1. The van der Waals surface area contributed by atoms with Crippen LogP contribution in [0.1, 0.15) is 45.2 Å². The van der Waals surface area contributed by atoms with Crippen LogP contribution in [-0.4, -0.2) is 15.6 Å². The maximum atomic E-state index is 4.52. The number of nitrogens with zero attached hydrogens (tertiary/aromatic N) is 2. The number of aromatic nitrogens is 2. The van der Waals surface area contributed by atoms with Gasteiger partial charge < -0.3 is 9.88 Å². The van der Waals surface area contributed by atoms with Crippen LogP contribution in [-0.2, 0) is 6.54 Å². The number of aryl methyl sites for hydroxylation is 2. The zero-order valence-corrected chi connectivity index (χ0v) is 10.7. The first-order chi connectivity index (χ1) is 7.65. The van der Waals surface area contributed by atoms with Crippen molar-refractivity contribution in [1.29, 1.82) is 0 Å². The maximum Gasteiger partial charge on any atom is 0.203 e. The second-order valence-corrected chi connectivity index (χ2v) is 5.28. The molecule has 1 fully saturated rings. The molecule has 0 aromatic carbocycles. The van der Waals surface area contributed by atoms with E-state index in [9.17, 15) is 0 Å². The van der Waals surface area contributed by atoms with E-state index in [2.05, 4.69) is 41.8 Å². The molecule has 1 aliphatic rings. The summed E-state index contributed by atoms with van der Waals surface area (Å²) >= 11 is 0. The molecule has 0 bridgehead atoms. The average Bonchev–Trinajstić information content (AvgIpc) is 2.42. The molecule has 0 amide bonds. The predicted octanol–water partition coefficient (Wildman–Crippen LogP) is 3.20. The Labute approximate surface area is 98.3 Å². The van der Waals surface area contributed by atoms with Crippen LogP contribution in [0.25, 0.3) is 0 Å². The van der Waals surface area contributed by atoms with E-state index >= 15 is 0 Å². The molecule has 1 saturated carbocycles. The minimum atomic E-state index is 0.448. The van der Waals surface area contributed by atoms with Crippen LogP contribution in [0.3, 0.4) is 0 Å². The van der Waals surface area contributed by atoms with Crippen molar-refractivity contribution in [1.82, 2.24) is 9.55 Å². The number of hydrogen-bond donors (Lipinski definition) is 1. The lowest BCUT2D eigenvalue weighted by atomic mass is 9.83. The summed E-state index contributed by atoms with van der Waals surface area (Å²) in [4.78, 5) is 4.52. The first-order valence-corrected chi connectivity index (χ1v) is 6.45. The van der Waals surface area contributed by atoms with Gasteiger partial charge in [0.05, 0.1) is 5.69 Å². The molecule has 0 radical (unpaired) electrons. The van der Waals surface area contributed by atoms with Crippen molar-refractivity contribution < 1.29 is 0 Å². The Kier molecular flexibility index (Phi) is 3.52. The molecular formula is C13H23N3. The standard InChI is InChI=1S/C13H23N3/c1-10(2)14-13-15-11(3)9-16(13)8-7-12-5-4-6-12/h9-10,12H,4-8H2,1-3H3,(H,14,15). The molecule has 2 rings (SSSR count). The third-order valence-electron chi connectivity index (χ3n) is 3.32. The summed E-state index contributed by atoms with van der Waals surface area (Å²) in [6.07, 6.45) is 7.76. The van der Waals surface area contributed by atoms with Crippen molar-refractivity contribution >= 4 is 5.95 Å². The first-order valence-electron chi connectivity index (χ1n) is 6.45. The third-order valence-corrected chi connectivity index (χ3v) is 3.32. The summed E-state index contributed by atoms with van der Waals surface area (Å²) in [6.45, 7) is 7.48. The average molecular weight is 221 g/mol. The Bertz CT molecular complexity index is 337. The molecule has 16 heavy (non-hydrogen) atoms. The van der Waals surface area contributed by atoms with E-state index in [1.54, 1.807) is 0 Å². The molecule has 1 aliphatic carbocycles. The Morgan fingerprint density at radius 3 is 2.81 bits per heavy atom. The Morgan fingerprint density at radius 2 is 2.25 bits per heavy atom. The van der Waals surface area contributed by atoms with Gasteiger partial charge >= 0.3 is 0 Å². The van der Waals surface area contributed by atoms with Crippen molar-refractivity contribution in [2.45, 2.75) is 59.0 Å². The van der Waals surface area contributed by atoms with Gasteiger partial charge in [-0.3, -0.25) is 0 Å². The molecule has 1 heterocycles. The second kappa shape index (κ2) is 4.89. The number of hydrogen-bond acceptors (Lipinski definition) is 2. The van der Waals surface area contributed by atoms with Gasteiger partial charge in [-0.1, -0.05) is 19.3 Å². The lowest BCUT2D eigenvalue weighted by Gasteiger charge is -2.25. The highest BCUT2D eigenvalue weighted by Gasteiger charge is 2.17. The zero-order valence-electron chi connectivity index (χ0n) is 10.7. The first kappa shape index (κ1) is 11.5. The molecule has 90 valence electrons. The van der Waals surface area contributed by atoms with Crippen molar-refractivity contribution in [2.75, 3.05) is 5.32 Å². The van der Waals surface area contributed by atoms with Crippen LogP contribution in [0.15, 0.2) is 6.20 Å². The van der Waals surface area contributed by atoms with Gasteiger partial charge in [-0.15, -0.1) is 0 Å². The lowest BCUT2D eigenvalue weighted by Crippen LogP contribution is -2.17. The molecule has 0 saturated heterocycles. The molecule has 3 nitrogen and oxygen atoms in total. The van der Waals surface area contributed by atoms with E-state index in [1.165, 1.54) is 25.7 Å². The molecule has 0 aliphatic heterocycles. The SMILES string of the molecule is Cc1cn(CCC2CCC2)c(NC(C)C)n1. The fraction of sp³-hybridized carbons (Fsp3) is 0.769. The number of nitrogens with one attached hydrogen (secondary N) is 1. The minimum absolute atomic E-state index is 0.448. The van der Waals surface area contributed by atoms with E-state index < -0.39 is 0 Å². The van der Waals surface area contributed by atoms with E-state index in [0.717, 1.165) is 24.1 Å². The van der Waals surface area contributed by atoms with Crippen LogP contribution in [0.4, 0.5) is 5.95 Å². The molecule has 0 unspecified atom stereocenters. The van der Waals surface area contributed by atoms with Crippen LogP contribution in [0.2, 0.25) is 0 Å². The third kappa shape index (κ3) is 2.77. The summed E-state index contributed by atoms with van der Waals surface area (Å²) in [5.74, 6) is 2.00. The monoisotopic (exact) mass is 221 g/mol.